The normalized spacial score (nSPS) is 10.6. The summed E-state index contributed by atoms with van der Waals surface area (Å²) in [6.45, 7) is 2.07. The van der Waals surface area contributed by atoms with Crippen molar-refractivity contribution in [2.75, 3.05) is 0 Å². The van der Waals surface area contributed by atoms with Crippen molar-refractivity contribution in [3.05, 3.63) is 89.4 Å². The fourth-order valence-corrected chi connectivity index (χ4v) is 2.35. The molecule has 0 atom stereocenters. The Labute approximate surface area is 124 Å². The number of aryl methyl sites for hydroxylation is 1. The zero-order valence-electron chi connectivity index (χ0n) is 11.9. The molecule has 1 nitrogen and oxygen atoms in total. The average molecular weight is 277 g/mol. The molecule has 2 heteroatoms. The topological polar surface area (TPSA) is 12.9 Å². The van der Waals surface area contributed by atoms with Crippen LogP contribution in [0.25, 0.3) is 11.3 Å². The van der Waals surface area contributed by atoms with Crippen LogP contribution in [-0.2, 0) is 6.42 Å². The summed E-state index contributed by atoms with van der Waals surface area (Å²) in [6, 6.07) is 18.9. The second kappa shape index (κ2) is 5.88. The van der Waals surface area contributed by atoms with Crippen molar-refractivity contribution in [3.63, 3.8) is 0 Å². The lowest BCUT2D eigenvalue weighted by Gasteiger charge is -2.09. The van der Waals surface area contributed by atoms with Crippen molar-refractivity contribution in [3.8, 4) is 11.3 Å². The van der Waals surface area contributed by atoms with Crippen molar-refractivity contribution in [2.24, 2.45) is 0 Å². The van der Waals surface area contributed by atoms with Crippen LogP contribution in [0.2, 0.25) is 0 Å². The van der Waals surface area contributed by atoms with Gasteiger partial charge in [-0.15, -0.1) is 0 Å². The highest BCUT2D eigenvalue weighted by Crippen LogP contribution is 2.22. The molecule has 0 N–H and O–H groups in total. The highest BCUT2D eigenvalue weighted by Gasteiger charge is 2.05. The van der Waals surface area contributed by atoms with Crippen LogP contribution in [0.4, 0.5) is 4.39 Å². The highest BCUT2D eigenvalue weighted by molar-refractivity contribution is 5.60. The Bertz CT molecular complexity index is 733. The van der Waals surface area contributed by atoms with Gasteiger partial charge in [-0.2, -0.15) is 0 Å². The fourth-order valence-electron chi connectivity index (χ4n) is 2.35. The van der Waals surface area contributed by atoms with Crippen LogP contribution in [-0.4, -0.2) is 4.98 Å². The first-order chi connectivity index (χ1) is 10.2. The fraction of sp³-hybridized carbons (Fsp3) is 0.105. The minimum Gasteiger partial charge on any atom is -0.256 e. The van der Waals surface area contributed by atoms with Crippen molar-refractivity contribution in [1.29, 1.82) is 0 Å². The summed E-state index contributed by atoms with van der Waals surface area (Å²) in [7, 11) is 0. The minimum absolute atomic E-state index is 0.227. The molecule has 0 unspecified atom stereocenters. The smallest absolute Gasteiger partial charge is 0.123 e. The summed E-state index contributed by atoms with van der Waals surface area (Å²) >= 11 is 0. The van der Waals surface area contributed by atoms with Crippen LogP contribution in [0.3, 0.4) is 0 Å². The van der Waals surface area contributed by atoms with Gasteiger partial charge in [0.15, 0.2) is 0 Å². The van der Waals surface area contributed by atoms with Gasteiger partial charge in [-0.1, -0.05) is 30.3 Å². The Hall–Kier alpha value is -2.48. The molecule has 1 aromatic heterocycles. The number of hydrogen-bond donors (Lipinski definition) is 0. The summed E-state index contributed by atoms with van der Waals surface area (Å²) in [5.74, 6) is -0.227. The second-order valence-corrected chi connectivity index (χ2v) is 5.17. The van der Waals surface area contributed by atoms with E-state index in [2.05, 4.69) is 30.1 Å². The van der Waals surface area contributed by atoms with Gasteiger partial charge < -0.3 is 0 Å². The van der Waals surface area contributed by atoms with Crippen molar-refractivity contribution < 1.29 is 4.39 Å². The van der Waals surface area contributed by atoms with Crippen LogP contribution in [0.5, 0.6) is 0 Å². The zero-order chi connectivity index (χ0) is 14.7. The monoisotopic (exact) mass is 277 g/mol. The molecule has 21 heavy (non-hydrogen) atoms. The molecule has 0 bridgehead atoms. The number of halogens is 1. The minimum atomic E-state index is -0.227. The molecule has 2 aromatic carbocycles. The number of rotatable bonds is 3. The Morgan fingerprint density at radius 3 is 2.38 bits per heavy atom. The molecule has 104 valence electrons. The molecule has 0 radical (unpaired) electrons. The van der Waals surface area contributed by atoms with Gasteiger partial charge >= 0.3 is 0 Å². The molecule has 3 rings (SSSR count). The number of pyridine rings is 1. The van der Waals surface area contributed by atoms with Gasteiger partial charge in [0.25, 0.3) is 0 Å². The molecule has 1 heterocycles. The van der Waals surface area contributed by atoms with E-state index in [9.17, 15) is 4.39 Å². The van der Waals surface area contributed by atoms with Crippen LogP contribution < -0.4 is 0 Å². The molecule has 0 spiro atoms. The van der Waals surface area contributed by atoms with Gasteiger partial charge in [0.05, 0.1) is 5.69 Å². The molecule has 0 fully saturated rings. The van der Waals surface area contributed by atoms with E-state index < -0.39 is 0 Å². The van der Waals surface area contributed by atoms with E-state index in [4.69, 9.17) is 0 Å². The summed E-state index contributed by atoms with van der Waals surface area (Å²) in [5, 5.41) is 0. The third-order valence-electron chi connectivity index (χ3n) is 3.59. The molecule has 0 saturated carbocycles. The highest BCUT2D eigenvalue weighted by atomic mass is 19.1. The zero-order valence-corrected chi connectivity index (χ0v) is 11.9. The molecule has 0 aliphatic carbocycles. The first kappa shape index (κ1) is 13.5. The third-order valence-corrected chi connectivity index (χ3v) is 3.59. The van der Waals surface area contributed by atoms with E-state index >= 15 is 0 Å². The Morgan fingerprint density at radius 2 is 1.67 bits per heavy atom. The van der Waals surface area contributed by atoms with Gasteiger partial charge in [-0.05, 0) is 60.4 Å². The van der Waals surface area contributed by atoms with E-state index in [1.807, 2.05) is 24.4 Å². The summed E-state index contributed by atoms with van der Waals surface area (Å²) < 4.78 is 13.0. The maximum absolute atomic E-state index is 13.0. The average Bonchev–Trinajstić information content (AvgIpc) is 2.51. The summed E-state index contributed by atoms with van der Waals surface area (Å²) in [5.41, 5.74) is 5.51. The first-order valence-electron chi connectivity index (χ1n) is 6.98. The summed E-state index contributed by atoms with van der Waals surface area (Å²) in [6.07, 6.45) is 2.76. The van der Waals surface area contributed by atoms with E-state index in [1.165, 1.54) is 28.8 Å². The number of nitrogens with zero attached hydrogens (tertiary/aromatic N) is 1. The standard InChI is InChI=1S/C19H16FN/c1-14-13-21-19(16-7-9-18(20)10-8-16)12-17(14)11-15-5-3-2-4-6-15/h2-10,12-13H,11H2,1H3. The van der Waals surface area contributed by atoms with Gasteiger partial charge in [-0.3, -0.25) is 4.98 Å². The quantitative estimate of drug-likeness (QED) is 0.671. The van der Waals surface area contributed by atoms with E-state index in [0.717, 1.165) is 17.7 Å². The van der Waals surface area contributed by atoms with E-state index in [1.54, 1.807) is 12.1 Å². The lowest BCUT2D eigenvalue weighted by Crippen LogP contribution is -1.95. The molecule has 0 aliphatic heterocycles. The number of aromatic nitrogens is 1. The molecule has 0 aliphatic rings. The Balaban J connectivity index is 1.94. The maximum atomic E-state index is 13.0. The number of benzene rings is 2. The van der Waals surface area contributed by atoms with Crippen molar-refractivity contribution >= 4 is 0 Å². The first-order valence-corrected chi connectivity index (χ1v) is 6.98. The van der Waals surface area contributed by atoms with Gasteiger partial charge in [0, 0.05) is 11.8 Å². The third kappa shape index (κ3) is 3.16. The van der Waals surface area contributed by atoms with Gasteiger partial charge in [0.2, 0.25) is 0 Å². The van der Waals surface area contributed by atoms with Crippen molar-refractivity contribution in [2.45, 2.75) is 13.3 Å². The number of hydrogen-bond acceptors (Lipinski definition) is 1. The lowest BCUT2D eigenvalue weighted by molar-refractivity contribution is 0.628. The van der Waals surface area contributed by atoms with E-state index in [-0.39, 0.29) is 5.82 Å². The van der Waals surface area contributed by atoms with Crippen LogP contribution in [0.15, 0.2) is 66.9 Å². The Kier molecular flexibility index (Phi) is 3.78. The van der Waals surface area contributed by atoms with Gasteiger partial charge in [0.1, 0.15) is 5.82 Å². The predicted molar refractivity (Wildman–Crippen MR) is 83.6 cm³/mol. The molecule has 0 amide bonds. The van der Waals surface area contributed by atoms with Crippen LogP contribution in [0, 0.1) is 12.7 Å². The SMILES string of the molecule is Cc1cnc(-c2ccc(F)cc2)cc1Cc1ccccc1. The van der Waals surface area contributed by atoms with Crippen LogP contribution >= 0.6 is 0 Å². The molecular weight excluding hydrogens is 261 g/mol. The van der Waals surface area contributed by atoms with Crippen LogP contribution in [0.1, 0.15) is 16.7 Å². The molecule has 0 saturated heterocycles. The largest absolute Gasteiger partial charge is 0.256 e. The second-order valence-electron chi connectivity index (χ2n) is 5.17. The predicted octanol–water partition coefficient (Wildman–Crippen LogP) is 4.79. The van der Waals surface area contributed by atoms with Crippen molar-refractivity contribution in [1.82, 2.24) is 4.98 Å². The summed E-state index contributed by atoms with van der Waals surface area (Å²) in [4.78, 5) is 4.46. The maximum Gasteiger partial charge on any atom is 0.123 e. The molecule has 3 aromatic rings. The van der Waals surface area contributed by atoms with Gasteiger partial charge in [-0.25, -0.2) is 4.39 Å². The Morgan fingerprint density at radius 1 is 0.952 bits per heavy atom. The van der Waals surface area contributed by atoms with E-state index in [0.29, 0.717) is 0 Å². The lowest BCUT2D eigenvalue weighted by atomic mass is 10.00. The molecular formula is C19H16FN.